The first-order chi connectivity index (χ1) is 14.0. The smallest absolute Gasteiger partial charge is 0.302 e. The van der Waals surface area contributed by atoms with Gasteiger partial charge >= 0.3 is 5.97 Å². The van der Waals surface area contributed by atoms with Crippen molar-refractivity contribution in [3.8, 4) is 0 Å². The number of benzene rings is 1. The zero-order valence-corrected chi connectivity index (χ0v) is 22.4. The molecule has 1 aromatic carbocycles. The number of hydrogen-bond acceptors (Lipinski definition) is 7. The maximum atomic E-state index is 12.8. The molecule has 0 aromatic heterocycles. The number of amides is 3. The molecule has 0 saturated heterocycles. The van der Waals surface area contributed by atoms with Crippen molar-refractivity contribution in [2.45, 2.75) is 20.0 Å². The van der Waals surface area contributed by atoms with Crippen molar-refractivity contribution in [2.24, 2.45) is 0 Å². The first kappa shape index (κ1) is 27.2. The van der Waals surface area contributed by atoms with Crippen molar-refractivity contribution in [3.63, 3.8) is 0 Å². The highest BCUT2D eigenvalue weighted by Crippen LogP contribution is 2.35. The third kappa shape index (κ3) is 7.72. The van der Waals surface area contributed by atoms with Crippen molar-refractivity contribution < 1.29 is 34.1 Å². The number of hydrogen-bond donors (Lipinski definition) is 5. The average Bonchev–Trinajstić information content (AvgIpc) is 2.66. The minimum absolute atomic E-state index is 0.0104. The third-order valence-electron chi connectivity index (χ3n) is 3.47. The summed E-state index contributed by atoms with van der Waals surface area (Å²) in [4.78, 5) is 48.0. The van der Waals surface area contributed by atoms with Gasteiger partial charge in [0.2, 0.25) is 5.91 Å². The lowest BCUT2D eigenvalue weighted by Crippen LogP contribution is -2.36. The lowest BCUT2D eigenvalue weighted by Gasteiger charge is -2.19. The van der Waals surface area contributed by atoms with E-state index in [-0.39, 0.29) is 36.7 Å². The van der Waals surface area contributed by atoms with Crippen LogP contribution in [-0.4, -0.2) is 66.3 Å². The van der Waals surface area contributed by atoms with E-state index in [1.807, 2.05) is 67.8 Å². The summed E-state index contributed by atoms with van der Waals surface area (Å²) in [6, 6.07) is 0. The number of esters is 1. The third-order valence-corrected chi connectivity index (χ3v) is 6.71. The molecular weight excluding hydrogens is 739 g/mol. The predicted molar refractivity (Wildman–Crippen MR) is 133 cm³/mol. The highest BCUT2D eigenvalue weighted by Gasteiger charge is 2.28. The Hall–Kier alpha value is -0.790. The summed E-state index contributed by atoms with van der Waals surface area (Å²) in [7, 11) is 0. The number of carbonyl (C=O) groups excluding carboxylic acids is 4. The molecule has 1 rings (SSSR count). The van der Waals surface area contributed by atoms with E-state index in [4.69, 9.17) is 9.84 Å². The fourth-order valence-corrected chi connectivity index (χ4v) is 6.58. The van der Waals surface area contributed by atoms with Gasteiger partial charge < -0.3 is 30.9 Å². The quantitative estimate of drug-likeness (QED) is 0.142. The van der Waals surface area contributed by atoms with Crippen molar-refractivity contribution in [1.82, 2.24) is 10.6 Å². The molecule has 1 aromatic rings. The summed E-state index contributed by atoms with van der Waals surface area (Å²) in [6.45, 7) is 1.91. The van der Waals surface area contributed by atoms with E-state index in [0.29, 0.717) is 16.4 Å². The summed E-state index contributed by atoms with van der Waals surface area (Å²) in [5.74, 6) is -1.94. The molecule has 0 fully saturated rings. The molecule has 5 N–H and O–H groups in total. The maximum absolute atomic E-state index is 12.8. The van der Waals surface area contributed by atoms with Gasteiger partial charge in [-0.15, -0.1) is 0 Å². The Kier molecular flexibility index (Phi) is 11.7. The van der Waals surface area contributed by atoms with Crippen LogP contribution >= 0.6 is 67.8 Å². The van der Waals surface area contributed by atoms with Crippen molar-refractivity contribution in [2.75, 3.05) is 31.6 Å². The van der Waals surface area contributed by atoms with E-state index in [9.17, 15) is 24.3 Å². The Morgan fingerprint density at radius 3 is 1.97 bits per heavy atom. The lowest BCUT2D eigenvalue weighted by atomic mass is 10.1. The zero-order chi connectivity index (χ0) is 23.0. The molecule has 0 spiro atoms. The van der Waals surface area contributed by atoms with Gasteiger partial charge in [-0.1, -0.05) is 0 Å². The summed E-state index contributed by atoms with van der Waals surface area (Å²) in [5, 5.41) is 26.2. The van der Waals surface area contributed by atoms with E-state index in [2.05, 4.69) is 16.0 Å². The van der Waals surface area contributed by atoms with Gasteiger partial charge in [0.15, 0.2) is 0 Å². The lowest BCUT2D eigenvalue weighted by molar-refractivity contribution is -0.140. The number of carbonyl (C=O) groups is 4. The molecule has 1 atom stereocenters. The average molecular weight is 759 g/mol. The van der Waals surface area contributed by atoms with Crippen LogP contribution in [0.15, 0.2) is 0 Å². The zero-order valence-electron chi connectivity index (χ0n) is 16.0. The molecule has 3 amide bonds. The highest BCUT2D eigenvalue weighted by molar-refractivity contribution is 14.1. The second-order valence-electron chi connectivity index (χ2n) is 5.89. The maximum Gasteiger partial charge on any atom is 0.302 e. The van der Waals surface area contributed by atoms with E-state index < -0.39 is 30.5 Å². The second-order valence-corrected chi connectivity index (χ2v) is 9.13. The van der Waals surface area contributed by atoms with Crippen LogP contribution in [0.1, 0.15) is 34.6 Å². The van der Waals surface area contributed by atoms with Crippen LogP contribution in [0.5, 0.6) is 0 Å². The first-order valence-corrected chi connectivity index (χ1v) is 11.7. The molecule has 30 heavy (non-hydrogen) atoms. The Labute approximate surface area is 213 Å². The van der Waals surface area contributed by atoms with Crippen LogP contribution in [-0.2, 0) is 14.3 Å². The van der Waals surface area contributed by atoms with Crippen LogP contribution in [0, 0.1) is 10.7 Å². The molecule has 1 unspecified atom stereocenters. The predicted octanol–water partition coefficient (Wildman–Crippen LogP) is 0.835. The number of aliphatic hydroxyl groups excluding tert-OH is 2. The van der Waals surface area contributed by atoms with E-state index >= 15 is 0 Å². The number of aliphatic hydroxyl groups is 2. The molecule has 0 radical (unpaired) electrons. The van der Waals surface area contributed by atoms with Gasteiger partial charge in [0.05, 0.1) is 43.2 Å². The fourth-order valence-electron chi connectivity index (χ4n) is 2.16. The van der Waals surface area contributed by atoms with Gasteiger partial charge in [-0.3, -0.25) is 19.2 Å². The van der Waals surface area contributed by atoms with Crippen LogP contribution < -0.4 is 16.0 Å². The molecule has 0 heterocycles. The van der Waals surface area contributed by atoms with E-state index in [0.717, 1.165) is 0 Å². The van der Waals surface area contributed by atoms with Crippen molar-refractivity contribution in [1.29, 1.82) is 0 Å². The monoisotopic (exact) mass is 759 g/mol. The fraction of sp³-hybridized carbons (Fsp3) is 0.412. The molecule has 10 nitrogen and oxygen atoms in total. The number of nitrogens with one attached hydrogen (secondary N) is 3. The van der Waals surface area contributed by atoms with Crippen LogP contribution in [0.25, 0.3) is 0 Å². The largest absolute Gasteiger partial charge is 0.464 e. The Morgan fingerprint density at radius 1 is 0.967 bits per heavy atom. The van der Waals surface area contributed by atoms with Gasteiger partial charge in [0, 0.05) is 24.0 Å². The molecule has 0 saturated carbocycles. The Morgan fingerprint density at radius 2 is 1.50 bits per heavy atom. The van der Waals surface area contributed by atoms with Gasteiger partial charge in [-0.25, -0.2) is 0 Å². The molecule has 13 heteroatoms. The minimum Gasteiger partial charge on any atom is -0.464 e. The van der Waals surface area contributed by atoms with Crippen LogP contribution in [0.3, 0.4) is 0 Å². The van der Waals surface area contributed by atoms with Gasteiger partial charge in [0.1, 0.15) is 6.61 Å². The topological polar surface area (TPSA) is 154 Å². The molecule has 0 aliphatic heterocycles. The number of rotatable bonds is 9. The van der Waals surface area contributed by atoms with E-state index in [1.165, 1.54) is 13.8 Å². The van der Waals surface area contributed by atoms with Crippen molar-refractivity contribution in [3.05, 3.63) is 21.8 Å². The van der Waals surface area contributed by atoms with Gasteiger partial charge in [-0.05, 0) is 67.8 Å². The molecule has 166 valence electrons. The van der Waals surface area contributed by atoms with Crippen molar-refractivity contribution >= 4 is 97.2 Å². The van der Waals surface area contributed by atoms with Crippen LogP contribution in [0.2, 0.25) is 0 Å². The van der Waals surface area contributed by atoms with Crippen LogP contribution in [0.4, 0.5) is 5.69 Å². The Bertz CT molecular complexity index is 849. The SMILES string of the molecule is CC(=O)Nc1c(I)c(C(=O)NCCOC(C)=O)c(I)c(C(=O)NCC(O)CO)c1I. The normalized spacial score (nSPS) is 11.4. The number of anilines is 1. The highest BCUT2D eigenvalue weighted by atomic mass is 127. The van der Waals surface area contributed by atoms with E-state index in [1.54, 1.807) is 0 Å². The Balaban J connectivity index is 3.35. The first-order valence-electron chi connectivity index (χ1n) is 8.47. The van der Waals surface area contributed by atoms with Gasteiger partial charge in [-0.2, -0.15) is 0 Å². The minimum atomic E-state index is -1.13. The summed E-state index contributed by atoms with van der Waals surface area (Å²) < 4.78 is 5.99. The summed E-state index contributed by atoms with van der Waals surface area (Å²) in [6.07, 6.45) is -1.13. The summed E-state index contributed by atoms with van der Waals surface area (Å²) >= 11 is 5.69. The molecular formula is C17H20I3N3O7. The second kappa shape index (κ2) is 12.9. The summed E-state index contributed by atoms with van der Waals surface area (Å²) in [5.41, 5.74) is 0.633. The standard InChI is InChI=1S/C17H20I3N3O7/c1-7(25)23-15-13(19)10(16(28)21-3-4-30-8(2)26)12(18)11(14(15)20)17(29)22-5-9(27)6-24/h9,24,27H,3-6H2,1-2H3,(H,21,28)(H,22,29)(H,23,25). The molecule has 0 bridgehead atoms. The number of ether oxygens (including phenoxy) is 1. The molecule has 0 aliphatic rings. The molecule has 0 aliphatic carbocycles. The van der Waals surface area contributed by atoms with Gasteiger partial charge in [0.25, 0.3) is 11.8 Å². The number of halogens is 3.